The summed E-state index contributed by atoms with van der Waals surface area (Å²) in [6.45, 7) is 6.72. The number of hydrogen-bond acceptors (Lipinski definition) is 4. The fourth-order valence-electron chi connectivity index (χ4n) is 2.16. The van der Waals surface area contributed by atoms with Crippen LogP contribution in [0.1, 0.15) is 34.8 Å². The van der Waals surface area contributed by atoms with Gasteiger partial charge in [0.05, 0.1) is 11.3 Å². The van der Waals surface area contributed by atoms with Crippen LogP contribution in [0.4, 0.5) is 5.69 Å². The van der Waals surface area contributed by atoms with E-state index in [1.807, 2.05) is 32.9 Å². The van der Waals surface area contributed by atoms with E-state index in [1.165, 1.54) is 4.88 Å². The van der Waals surface area contributed by atoms with Gasteiger partial charge >= 0.3 is 0 Å². The Morgan fingerprint density at radius 1 is 1.48 bits per heavy atom. The first-order chi connectivity index (χ1) is 10.1. The topological polar surface area (TPSA) is 54.0 Å². The van der Waals surface area contributed by atoms with Crippen molar-refractivity contribution in [3.63, 3.8) is 0 Å². The molecule has 0 bridgehead atoms. The standard InChI is InChI=1S/C16H21N3OS/c1-4-17-15-9-11(2)18-10-14(15)16(20)19-12(3)8-13-6-5-7-21-13/h5-7,9-10,12H,4,8H2,1-3H3,(H,17,18)(H,19,20). The van der Waals surface area contributed by atoms with Gasteiger partial charge in [-0.2, -0.15) is 0 Å². The molecule has 2 aromatic heterocycles. The summed E-state index contributed by atoms with van der Waals surface area (Å²) in [7, 11) is 0. The van der Waals surface area contributed by atoms with Crippen molar-refractivity contribution in [1.29, 1.82) is 0 Å². The largest absolute Gasteiger partial charge is 0.385 e. The van der Waals surface area contributed by atoms with E-state index in [1.54, 1.807) is 17.5 Å². The van der Waals surface area contributed by atoms with Crippen molar-refractivity contribution in [3.05, 3.63) is 45.9 Å². The van der Waals surface area contributed by atoms with Crippen LogP contribution < -0.4 is 10.6 Å². The van der Waals surface area contributed by atoms with E-state index >= 15 is 0 Å². The van der Waals surface area contributed by atoms with Gasteiger partial charge in [0, 0.05) is 35.8 Å². The zero-order valence-electron chi connectivity index (χ0n) is 12.6. The quantitative estimate of drug-likeness (QED) is 0.861. The number of anilines is 1. The van der Waals surface area contributed by atoms with Crippen molar-refractivity contribution in [2.24, 2.45) is 0 Å². The van der Waals surface area contributed by atoms with Gasteiger partial charge in [-0.3, -0.25) is 9.78 Å². The summed E-state index contributed by atoms with van der Waals surface area (Å²) in [5.74, 6) is -0.0810. The van der Waals surface area contributed by atoms with E-state index in [-0.39, 0.29) is 11.9 Å². The third-order valence-electron chi connectivity index (χ3n) is 3.12. The average Bonchev–Trinajstić information content (AvgIpc) is 2.91. The lowest BCUT2D eigenvalue weighted by Crippen LogP contribution is -2.34. The molecule has 0 saturated carbocycles. The predicted molar refractivity (Wildman–Crippen MR) is 88.1 cm³/mol. The second-order valence-electron chi connectivity index (χ2n) is 5.06. The van der Waals surface area contributed by atoms with Crippen molar-refractivity contribution < 1.29 is 4.79 Å². The Morgan fingerprint density at radius 3 is 2.95 bits per heavy atom. The van der Waals surface area contributed by atoms with Gasteiger partial charge in [-0.05, 0) is 38.3 Å². The maximum Gasteiger partial charge on any atom is 0.255 e. The van der Waals surface area contributed by atoms with Crippen LogP contribution in [-0.2, 0) is 6.42 Å². The molecule has 0 saturated heterocycles. The van der Waals surface area contributed by atoms with Crippen LogP contribution in [0.5, 0.6) is 0 Å². The van der Waals surface area contributed by atoms with Crippen LogP contribution in [0, 0.1) is 6.92 Å². The Labute approximate surface area is 129 Å². The number of pyridine rings is 1. The molecule has 0 spiro atoms. The summed E-state index contributed by atoms with van der Waals surface area (Å²) in [5.41, 5.74) is 2.33. The van der Waals surface area contributed by atoms with Gasteiger partial charge in [0.1, 0.15) is 0 Å². The van der Waals surface area contributed by atoms with Crippen molar-refractivity contribution in [1.82, 2.24) is 10.3 Å². The molecule has 1 amide bonds. The van der Waals surface area contributed by atoms with E-state index in [2.05, 4.69) is 27.1 Å². The Bertz CT molecular complexity index is 596. The lowest BCUT2D eigenvalue weighted by atomic mass is 10.1. The lowest BCUT2D eigenvalue weighted by molar-refractivity contribution is 0.0940. The summed E-state index contributed by atoms with van der Waals surface area (Å²) in [5, 5.41) is 8.31. The molecule has 2 N–H and O–H groups in total. The summed E-state index contributed by atoms with van der Waals surface area (Å²) in [6.07, 6.45) is 2.49. The number of amides is 1. The summed E-state index contributed by atoms with van der Waals surface area (Å²) in [6, 6.07) is 6.11. The molecule has 2 rings (SSSR count). The van der Waals surface area contributed by atoms with E-state index in [0.717, 1.165) is 24.3 Å². The Kier molecular flexibility index (Phi) is 5.33. The molecule has 2 heterocycles. The maximum absolute atomic E-state index is 12.4. The molecule has 2 aromatic rings. The van der Waals surface area contributed by atoms with E-state index in [4.69, 9.17) is 0 Å². The molecule has 112 valence electrons. The highest BCUT2D eigenvalue weighted by molar-refractivity contribution is 7.09. The smallest absolute Gasteiger partial charge is 0.255 e. The number of carbonyl (C=O) groups excluding carboxylic acids is 1. The summed E-state index contributed by atoms with van der Waals surface area (Å²) in [4.78, 5) is 17.9. The molecular weight excluding hydrogens is 282 g/mol. The summed E-state index contributed by atoms with van der Waals surface area (Å²) >= 11 is 1.71. The zero-order valence-corrected chi connectivity index (χ0v) is 13.5. The Morgan fingerprint density at radius 2 is 2.29 bits per heavy atom. The predicted octanol–water partition coefficient (Wildman–Crippen LogP) is 3.24. The summed E-state index contributed by atoms with van der Waals surface area (Å²) < 4.78 is 0. The number of aryl methyl sites for hydroxylation is 1. The second-order valence-corrected chi connectivity index (χ2v) is 6.09. The number of carbonyl (C=O) groups is 1. The molecule has 1 atom stereocenters. The number of thiophene rings is 1. The molecule has 1 unspecified atom stereocenters. The number of hydrogen-bond donors (Lipinski definition) is 2. The van der Waals surface area contributed by atoms with Crippen LogP contribution in [0.3, 0.4) is 0 Å². The fourth-order valence-corrected chi connectivity index (χ4v) is 3.00. The van der Waals surface area contributed by atoms with Gasteiger partial charge in [0.15, 0.2) is 0 Å². The number of rotatable bonds is 6. The van der Waals surface area contributed by atoms with Gasteiger partial charge in [0.2, 0.25) is 0 Å². The highest BCUT2D eigenvalue weighted by Gasteiger charge is 2.15. The molecule has 0 aliphatic heterocycles. The Hall–Kier alpha value is -1.88. The first kappa shape index (κ1) is 15.5. The molecule has 0 aliphatic rings. The van der Waals surface area contributed by atoms with Crippen molar-refractivity contribution in [2.45, 2.75) is 33.2 Å². The normalized spacial score (nSPS) is 12.0. The first-order valence-electron chi connectivity index (χ1n) is 7.14. The third-order valence-corrected chi connectivity index (χ3v) is 4.02. The number of aromatic nitrogens is 1. The average molecular weight is 303 g/mol. The second kappa shape index (κ2) is 7.22. The van der Waals surface area contributed by atoms with Crippen molar-refractivity contribution in [3.8, 4) is 0 Å². The highest BCUT2D eigenvalue weighted by atomic mass is 32.1. The highest BCUT2D eigenvalue weighted by Crippen LogP contribution is 2.16. The van der Waals surface area contributed by atoms with Crippen LogP contribution in [0.15, 0.2) is 29.8 Å². The number of nitrogens with zero attached hydrogens (tertiary/aromatic N) is 1. The lowest BCUT2D eigenvalue weighted by Gasteiger charge is -2.15. The number of nitrogens with one attached hydrogen (secondary N) is 2. The minimum atomic E-state index is -0.0810. The van der Waals surface area contributed by atoms with Crippen LogP contribution in [-0.4, -0.2) is 23.5 Å². The van der Waals surface area contributed by atoms with E-state index in [0.29, 0.717) is 5.56 Å². The molecule has 4 nitrogen and oxygen atoms in total. The third kappa shape index (κ3) is 4.29. The van der Waals surface area contributed by atoms with Crippen LogP contribution in [0.2, 0.25) is 0 Å². The first-order valence-corrected chi connectivity index (χ1v) is 8.02. The molecule has 21 heavy (non-hydrogen) atoms. The molecule has 0 aromatic carbocycles. The molecule has 0 aliphatic carbocycles. The van der Waals surface area contributed by atoms with Gasteiger partial charge in [-0.1, -0.05) is 6.07 Å². The molecule has 0 fully saturated rings. The van der Waals surface area contributed by atoms with Gasteiger partial charge in [-0.15, -0.1) is 11.3 Å². The van der Waals surface area contributed by atoms with Gasteiger partial charge in [0.25, 0.3) is 5.91 Å². The zero-order chi connectivity index (χ0) is 15.2. The van der Waals surface area contributed by atoms with Gasteiger partial charge < -0.3 is 10.6 Å². The fraction of sp³-hybridized carbons (Fsp3) is 0.375. The van der Waals surface area contributed by atoms with Gasteiger partial charge in [-0.25, -0.2) is 0 Å². The SMILES string of the molecule is CCNc1cc(C)ncc1C(=O)NC(C)Cc1cccs1. The molecule has 0 radical (unpaired) electrons. The molecular formula is C16H21N3OS. The van der Waals surface area contributed by atoms with E-state index < -0.39 is 0 Å². The van der Waals surface area contributed by atoms with Crippen molar-refractivity contribution >= 4 is 22.9 Å². The Balaban J connectivity index is 2.05. The molecule has 5 heteroatoms. The van der Waals surface area contributed by atoms with Crippen LogP contribution >= 0.6 is 11.3 Å². The van der Waals surface area contributed by atoms with Crippen LogP contribution in [0.25, 0.3) is 0 Å². The van der Waals surface area contributed by atoms with E-state index in [9.17, 15) is 4.79 Å². The minimum Gasteiger partial charge on any atom is -0.385 e. The van der Waals surface area contributed by atoms with Crippen molar-refractivity contribution in [2.75, 3.05) is 11.9 Å². The minimum absolute atomic E-state index is 0.0810. The monoisotopic (exact) mass is 303 g/mol. The maximum atomic E-state index is 12.4.